The van der Waals surface area contributed by atoms with Crippen LogP contribution in [0, 0.1) is 6.92 Å². The van der Waals surface area contributed by atoms with Gasteiger partial charge in [0.2, 0.25) is 5.91 Å². The Morgan fingerprint density at radius 2 is 2.00 bits per heavy atom. The first-order valence-electron chi connectivity index (χ1n) is 7.32. The van der Waals surface area contributed by atoms with E-state index < -0.39 is 6.04 Å². The Bertz CT molecular complexity index is 584. The van der Waals surface area contributed by atoms with Crippen LogP contribution >= 0.6 is 15.9 Å². The predicted molar refractivity (Wildman–Crippen MR) is 82.8 cm³/mol. The summed E-state index contributed by atoms with van der Waals surface area (Å²) in [5.74, 6) is 0.475. The molecule has 0 aromatic carbocycles. The van der Waals surface area contributed by atoms with E-state index in [4.69, 9.17) is 0 Å². The average Bonchev–Trinajstić information content (AvgIpc) is 3.04. The highest BCUT2D eigenvalue weighted by atomic mass is 79.9. The van der Waals surface area contributed by atoms with Gasteiger partial charge in [0, 0.05) is 10.5 Å². The molecule has 1 aromatic heterocycles. The number of nitrogens with zero attached hydrogens (tertiary/aromatic N) is 2. The van der Waals surface area contributed by atoms with Crippen molar-refractivity contribution in [1.29, 1.82) is 0 Å². The van der Waals surface area contributed by atoms with Crippen molar-refractivity contribution in [3.05, 3.63) is 22.3 Å². The maximum absolute atomic E-state index is 12.5. The summed E-state index contributed by atoms with van der Waals surface area (Å²) in [7, 11) is 0. The van der Waals surface area contributed by atoms with Crippen LogP contribution in [-0.4, -0.2) is 33.8 Å². The van der Waals surface area contributed by atoms with E-state index in [1.165, 1.54) is 4.90 Å². The van der Waals surface area contributed by atoms with Gasteiger partial charge in [-0.1, -0.05) is 12.8 Å². The summed E-state index contributed by atoms with van der Waals surface area (Å²) >= 11 is 3.40. The molecule has 1 N–H and O–H groups in total. The van der Waals surface area contributed by atoms with Gasteiger partial charge in [-0.3, -0.25) is 14.5 Å². The molecule has 1 saturated carbocycles. The van der Waals surface area contributed by atoms with Gasteiger partial charge in [-0.2, -0.15) is 0 Å². The molecule has 0 radical (unpaired) electrons. The topological polar surface area (TPSA) is 62.3 Å². The third-order valence-electron chi connectivity index (χ3n) is 4.22. The molecular formula is C15H18BrN3O2. The predicted octanol–water partition coefficient (Wildman–Crippen LogP) is 2.63. The molecule has 1 aliphatic heterocycles. The number of nitrogens with one attached hydrogen (secondary N) is 1. The highest BCUT2D eigenvalue weighted by Crippen LogP contribution is 2.29. The molecule has 0 spiro atoms. The van der Waals surface area contributed by atoms with Crippen LogP contribution in [0.5, 0.6) is 0 Å². The number of rotatable bonds is 3. The van der Waals surface area contributed by atoms with Gasteiger partial charge in [-0.05, 0) is 47.8 Å². The van der Waals surface area contributed by atoms with Crippen molar-refractivity contribution >= 4 is 33.6 Å². The number of imide groups is 1. The van der Waals surface area contributed by atoms with Crippen molar-refractivity contribution in [3.8, 4) is 0 Å². The molecule has 2 heterocycles. The minimum Gasteiger partial charge on any atom is -0.358 e. The smallest absolute Gasteiger partial charge is 0.252 e. The van der Waals surface area contributed by atoms with E-state index in [9.17, 15) is 9.59 Å². The van der Waals surface area contributed by atoms with Crippen molar-refractivity contribution < 1.29 is 9.59 Å². The van der Waals surface area contributed by atoms with Gasteiger partial charge in [0.1, 0.15) is 11.9 Å². The van der Waals surface area contributed by atoms with Crippen LogP contribution in [-0.2, 0) is 9.59 Å². The lowest BCUT2D eigenvalue weighted by Gasteiger charge is -2.22. The van der Waals surface area contributed by atoms with E-state index in [1.807, 2.05) is 19.1 Å². The number of amides is 2. The van der Waals surface area contributed by atoms with E-state index in [0.717, 1.165) is 35.8 Å². The number of likely N-dealkylation sites (tertiary alicyclic amines) is 1. The number of anilines is 1. The van der Waals surface area contributed by atoms with Gasteiger partial charge in [-0.15, -0.1) is 0 Å². The molecular weight excluding hydrogens is 334 g/mol. The monoisotopic (exact) mass is 351 g/mol. The molecule has 2 aliphatic rings. The van der Waals surface area contributed by atoms with Crippen LogP contribution in [0.1, 0.15) is 37.8 Å². The van der Waals surface area contributed by atoms with E-state index in [0.29, 0.717) is 5.82 Å². The quantitative estimate of drug-likeness (QED) is 0.850. The summed E-state index contributed by atoms with van der Waals surface area (Å²) < 4.78 is 0.925. The molecule has 1 aromatic rings. The van der Waals surface area contributed by atoms with Crippen LogP contribution < -0.4 is 5.32 Å². The van der Waals surface area contributed by atoms with Crippen LogP contribution in [0.4, 0.5) is 5.82 Å². The van der Waals surface area contributed by atoms with Crippen LogP contribution in [0.25, 0.3) is 0 Å². The SMILES string of the molecule is Cc1nc(NC2CC(=O)N(C3CCCC3)C2=O)ccc1Br. The summed E-state index contributed by atoms with van der Waals surface area (Å²) in [4.78, 5) is 30.5. The molecule has 3 rings (SSSR count). The summed E-state index contributed by atoms with van der Waals surface area (Å²) in [5, 5.41) is 3.10. The van der Waals surface area contributed by atoms with Gasteiger partial charge in [-0.25, -0.2) is 4.98 Å². The first-order chi connectivity index (χ1) is 10.1. The zero-order valence-electron chi connectivity index (χ0n) is 11.9. The number of hydrogen-bond acceptors (Lipinski definition) is 4. The van der Waals surface area contributed by atoms with Crippen molar-refractivity contribution in [2.75, 3.05) is 5.32 Å². The summed E-state index contributed by atoms with van der Waals surface area (Å²) in [5.41, 5.74) is 0.851. The fourth-order valence-electron chi connectivity index (χ4n) is 3.11. The number of halogens is 1. The maximum atomic E-state index is 12.5. The maximum Gasteiger partial charge on any atom is 0.252 e. The third kappa shape index (κ3) is 2.81. The fourth-order valence-corrected chi connectivity index (χ4v) is 3.33. The van der Waals surface area contributed by atoms with Gasteiger partial charge in [0.15, 0.2) is 0 Å². The number of aromatic nitrogens is 1. The van der Waals surface area contributed by atoms with Crippen molar-refractivity contribution in [3.63, 3.8) is 0 Å². The second-order valence-electron chi connectivity index (χ2n) is 5.71. The Morgan fingerprint density at radius 1 is 1.29 bits per heavy atom. The fraction of sp³-hybridized carbons (Fsp3) is 0.533. The van der Waals surface area contributed by atoms with Crippen LogP contribution in [0.3, 0.4) is 0 Å². The van der Waals surface area contributed by atoms with Gasteiger partial charge >= 0.3 is 0 Å². The van der Waals surface area contributed by atoms with Gasteiger partial charge < -0.3 is 5.32 Å². The number of hydrogen-bond donors (Lipinski definition) is 1. The molecule has 112 valence electrons. The molecule has 1 saturated heterocycles. The molecule has 21 heavy (non-hydrogen) atoms. The summed E-state index contributed by atoms with van der Waals surface area (Å²) in [6.45, 7) is 1.89. The Labute approximate surface area is 132 Å². The lowest BCUT2D eigenvalue weighted by Crippen LogP contribution is -2.41. The number of carbonyl (C=O) groups excluding carboxylic acids is 2. The lowest BCUT2D eigenvalue weighted by molar-refractivity contribution is -0.141. The molecule has 0 bridgehead atoms. The van der Waals surface area contributed by atoms with E-state index >= 15 is 0 Å². The molecule has 2 fully saturated rings. The largest absolute Gasteiger partial charge is 0.358 e. The minimum absolute atomic E-state index is 0.0572. The first-order valence-corrected chi connectivity index (χ1v) is 8.11. The van der Waals surface area contributed by atoms with Crippen LogP contribution in [0.2, 0.25) is 0 Å². The third-order valence-corrected chi connectivity index (χ3v) is 5.05. The molecule has 2 amide bonds. The molecule has 6 heteroatoms. The van der Waals surface area contributed by atoms with E-state index in [1.54, 1.807) is 0 Å². The van der Waals surface area contributed by atoms with Gasteiger partial charge in [0.05, 0.1) is 12.1 Å². The molecule has 1 aliphatic carbocycles. The highest BCUT2D eigenvalue weighted by Gasteiger charge is 2.43. The second-order valence-corrected chi connectivity index (χ2v) is 6.56. The highest BCUT2D eigenvalue weighted by molar-refractivity contribution is 9.10. The second kappa shape index (κ2) is 5.75. The molecule has 1 unspecified atom stereocenters. The Balaban J connectivity index is 1.73. The Hall–Kier alpha value is -1.43. The average molecular weight is 352 g/mol. The summed E-state index contributed by atoms with van der Waals surface area (Å²) in [6.07, 6.45) is 4.33. The zero-order valence-corrected chi connectivity index (χ0v) is 13.5. The van der Waals surface area contributed by atoms with Crippen molar-refractivity contribution in [2.24, 2.45) is 0 Å². The van der Waals surface area contributed by atoms with Crippen molar-refractivity contribution in [2.45, 2.75) is 51.1 Å². The standard InChI is InChI=1S/C15H18BrN3O2/c1-9-11(16)6-7-13(17-9)18-12-8-14(20)19(15(12)21)10-4-2-3-5-10/h6-7,10,12H,2-5,8H2,1H3,(H,17,18). The van der Waals surface area contributed by atoms with Crippen molar-refractivity contribution in [1.82, 2.24) is 9.88 Å². The molecule has 1 atom stereocenters. The van der Waals surface area contributed by atoms with E-state index in [-0.39, 0.29) is 24.3 Å². The van der Waals surface area contributed by atoms with Crippen LogP contribution in [0.15, 0.2) is 16.6 Å². The Morgan fingerprint density at radius 3 is 2.67 bits per heavy atom. The first kappa shape index (κ1) is 14.5. The number of pyridine rings is 1. The number of aryl methyl sites for hydroxylation is 1. The van der Waals surface area contributed by atoms with E-state index in [2.05, 4.69) is 26.2 Å². The normalized spacial score (nSPS) is 23.1. The minimum atomic E-state index is -0.480. The number of carbonyl (C=O) groups is 2. The van der Waals surface area contributed by atoms with Gasteiger partial charge in [0.25, 0.3) is 5.91 Å². The molecule has 5 nitrogen and oxygen atoms in total. The zero-order chi connectivity index (χ0) is 15.0. The summed E-state index contributed by atoms with van der Waals surface area (Å²) in [6, 6.07) is 3.33. The Kier molecular flexibility index (Phi) is 3.97. The lowest BCUT2D eigenvalue weighted by atomic mass is 10.2.